The summed E-state index contributed by atoms with van der Waals surface area (Å²) in [7, 11) is 0. The number of hydrogen-bond donors (Lipinski definition) is 2. The molecule has 1 aromatic carbocycles. The molecule has 0 aliphatic heterocycles. The van der Waals surface area contributed by atoms with Crippen LogP contribution in [-0.4, -0.2) is 32.3 Å². The van der Waals surface area contributed by atoms with Gasteiger partial charge in [-0.05, 0) is 56.2 Å². The summed E-state index contributed by atoms with van der Waals surface area (Å²) in [6.07, 6.45) is 5.79. The molecule has 2 amide bonds. The van der Waals surface area contributed by atoms with Crippen LogP contribution in [0.15, 0.2) is 42.1 Å². The van der Waals surface area contributed by atoms with Gasteiger partial charge in [0.15, 0.2) is 11.0 Å². The number of nitrogens with one attached hydrogen (secondary N) is 2. The number of nitrogens with zero attached hydrogens (tertiary/aromatic N) is 4. The van der Waals surface area contributed by atoms with Crippen molar-refractivity contribution < 1.29 is 9.59 Å². The summed E-state index contributed by atoms with van der Waals surface area (Å²) in [6, 6.07) is 9.32. The zero-order valence-corrected chi connectivity index (χ0v) is 23.5. The zero-order chi connectivity index (χ0) is 27.2. The number of allylic oxidation sites excluding steroid dienone is 1. The van der Waals surface area contributed by atoms with Gasteiger partial charge in [-0.2, -0.15) is 5.26 Å². The number of thiophene rings is 1. The van der Waals surface area contributed by atoms with Crippen LogP contribution < -0.4 is 10.6 Å². The SMILES string of the molecule is C=CCn1c(SCC(=O)Nc2sc3c(c2C#N)CCCC3)nnc1[C@@H](NC(=O)c1ccc(C)cc1)C(C)C. The third-order valence-electron chi connectivity index (χ3n) is 6.47. The minimum Gasteiger partial charge on any atom is -0.342 e. The Labute approximate surface area is 231 Å². The first kappa shape index (κ1) is 27.6. The maximum Gasteiger partial charge on any atom is 0.251 e. The standard InChI is InChI=1S/C28H32N6O2S2/c1-5-14-34-25(24(17(2)3)31-26(36)19-12-10-18(4)11-13-19)32-33-28(34)37-16-23(35)30-27-21(15-29)20-8-6-7-9-22(20)38-27/h5,10-13,17,24H,1,6-9,14,16H2,2-4H3,(H,30,35)(H,31,36)/t24-/m0/s1. The molecule has 198 valence electrons. The van der Waals surface area contributed by atoms with E-state index in [9.17, 15) is 14.9 Å². The molecule has 0 fully saturated rings. The Balaban J connectivity index is 1.48. The van der Waals surface area contributed by atoms with Crippen LogP contribution in [0.3, 0.4) is 0 Å². The molecule has 2 heterocycles. The number of amides is 2. The first-order chi connectivity index (χ1) is 18.3. The number of carbonyl (C=O) groups is 2. The van der Waals surface area contributed by atoms with E-state index in [1.807, 2.05) is 37.5 Å². The van der Waals surface area contributed by atoms with E-state index in [2.05, 4.69) is 33.5 Å². The van der Waals surface area contributed by atoms with E-state index in [1.165, 1.54) is 28.0 Å². The Morgan fingerprint density at radius 2 is 1.97 bits per heavy atom. The van der Waals surface area contributed by atoms with Crippen molar-refractivity contribution in [2.75, 3.05) is 11.1 Å². The lowest BCUT2D eigenvalue weighted by atomic mass is 9.96. The summed E-state index contributed by atoms with van der Waals surface area (Å²) in [4.78, 5) is 27.0. The van der Waals surface area contributed by atoms with E-state index in [-0.39, 0.29) is 29.5 Å². The highest BCUT2D eigenvalue weighted by Gasteiger charge is 2.27. The van der Waals surface area contributed by atoms with E-state index in [4.69, 9.17) is 0 Å². The summed E-state index contributed by atoms with van der Waals surface area (Å²) >= 11 is 2.78. The maximum absolute atomic E-state index is 13.0. The van der Waals surface area contributed by atoms with Crippen LogP contribution in [-0.2, 0) is 24.2 Å². The van der Waals surface area contributed by atoms with Crippen LogP contribution in [0.25, 0.3) is 0 Å². The molecule has 0 spiro atoms. The molecule has 0 radical (unpaired) electrons. The molecule has 38 heavy (non-hydrogen) atoms. The Morgan fingerprint density at radius 1 is 1.24 bits per heavy atom. The van der Waals surface area contributed by atoms with Gasteiger partial charge >= 0.3 is 0 Å². The summed E-state index contributed by atoms with van der Waals surface area (Å²) < 4.78 is 1.88. The summed E-state index contributed by atoms with van der Waals surface area (Å²) in [5.41, 5.74) is 3.36. The quantitative estimate of drug-likeness (QED) is 0.258. The van der Waals surface area contributed by atoms with Crippen LogP contribution in [0.2, 0.25) is 0 Å². The summed E-state index contributed by atoms with van der Waals surface area (Å²) in [5.74, 6) is 0.393. The van der Waals surface area contributed by atoms with Crippen LogP contribution >= 0.6 is 23.1 Å². The molecule has 2 N–H and O–H groups in total. The van der Waals surface area contributed by atoms with Crippen molar-refractivity contribution in [1.82, 2.24) is 20.1 Å². The van der Waals surface area contributed by atoms with Gasteiger partial charge in [-0.3, -0.25) is 9.59 Å². The number of benzene rings is 1. The second kappa shape index (κ2) is 12.4. The number of thioether (sulfide) groups is 1. The van der Waals surface area contributed by atoms with Crippen LogP contribution in [0.1, 0.15) is 70.5 Å². The number of aromatic nitrogens is 3. The number of anilines is 1. The molecule has 1 aliphatic rings. The highest BCUT2D eigenvalue weighted by molar-refractivity contribution is 7.99. The van der Waals surface area contributed by atoms with E-state index >= 15 is 0 Å². The molecule has 1 aliphatic carbocycles. The van der Waals surface area contributed by atoms with Gasteiger partial charge in [0, 0.05) is 17.0 Å². The molecule has 10 heteroatoms. The maximum atomic E-state index is 13.0. The van der Waals surface area contributed by atoms with Crippen molar-refractivity contribution in [3.63, 3.8) is 0 Å². The lowest BCUT2D eigenvalue weighted by Gasteiger charge is -2.22. The van der Waals surface area contributed by atoms with Gasteiger partial charge in [-0.25, -0.2) is 0 Å². The highest BCUT2D eigenvalue weighted by Crippen LogP contribution is 2.37. The minimum atomic E-state index is -0.380. The van der Waals surface area contributed by atoms with Gasteiger partial charge in [-0.1, -0.05) is 49.4 Å². The summed E-state index contributed by atoms with van der Waals surface area (Å²) in [6.45, 7) is 10.3. The molecule has 8 nitrogen and oxygen atoms in total. The van der Waals surface area contributed by atoms with Crippen molar-refractivity contribution in [2.24, 2.45) is 5.92 Å². The van der Waals surface area contributed by atoms with E-state index < -0.39 is 0 Å². The topological polar surface area (TPSA) is 113 Å². The lowest BCUT2D eigenvalue weighted by Crippen LogP contribution is -2.33. The zero-order valence-electron chi connectivity index (χ0n) is 21.9. The number of fused-ring (bicyclic) bond motifs is 1. The fourth-order valence-corrected chi connectivity index (χ4v) is 6.47. The predicted octanol–water partition coefficient (Wildman–Crippen LogP) is 5.44. The monoisotopic (exact) mass is 548 g/mol. The first-order valence-corrected chi connectivity index (χ1v) is 14.5. The molecule has 1 atom stereocenters. The highest BCUT2D eigenvalue weighted by atomic mass is 32.2. The molecule has 3 aromatic rings. The van der Waals surface area contributed by atoms with Crippen molar-refractivity contribution in [2.45, 2.75) is 64.2 Å². The number of carbonyl (C=O) groups excluding carboxylic acids is 2. The normalized spacial score (nSPS) is 13.4. The Kier molecular flexibility index (Phi) is 9.02. The minimum absolute atomic E-state index is 0.0487. The molecule has 0 saturated carbocycles. The fraction of sp³-hybridized carbons (Fsp3) is 0.393. The van der Waals surface area contributed by atoms with E-state index in [0.29, 0.717) is 33.7 Å². The largest absolute Gasteiger partial charge is 0.342 e. The van der Waals surface area contributed by atoms with Gasteiger partial charge in [0.1, 0.15) is 11.1 Å². The van der Waals surface area contributed by atoms with Crippen LogP contribution in [0, 0.1) is 24.2 Å². The van der Waals surface area contributed by atoms with Crippen molar-refractivity contribution in [3.8, 4) is 6.07 Å². The number of rotatable bonds is 10. The molecule has 2 aromatic heterocycles. The third-order valence-corrected chi connectivity index (χ3v) is 8.64. The smallest absolute Gasteiger partial charge is 0.251 e. The van der Waals surface area contributed by atoms with Gasteiger partial charge in [-0.15, -0.1) is 28.1 Å². The molecule has 4 rings (SSSR count). The van der Waals surface area contributed by atoms with Gasteiger partial charge in [0.2, 0.25) is 5.91 Å². The Bertz CT molecular complexity index is 1370. The van der Waals surface area contributed by atoms with Crippen LogP contribution in [0.5, 0.6) is 0 Å². The molecule has 0 bridgehead atoms. The van der Waals surface area contributed by atoms with Gasteiger partial charge in [0.25, 0.3) is 5.91 Å². The lowest BCUT2D eigenvalue weighted by molar-refractivity contribution is -0.113. The predicted molar refractivity (Wildman–Crippen MR) is 151 cm³/mol. The van der Waals surface area contributed by atoms with Gasteiger partial charge in [0.05, 0.1) is 17.4 Å². The third kappa shape index (κ3) is 6.17. The van der Waals surface area contributed by atoms with E-state index in [0.717, 1.165) is 36.8 Å². The Morgan fingerprint density at radius 3 is 2.66 bits per heavy atom. The second-order valence-electron chi connectivity index (χ2n) is 9.66. The second-order valence-corrected chi connectivity index (χ2v) is 11.7. The van der Waals surface area contributed by atoms with Crippen molar-refractivity contribution >= 4 is 39.9 Å². The first-order valence-electron chi connectivity index (χ1n) is 12.7. The van der Waals surface area contributed by atoms with Crippen LogP contribution in [0.4, 0.5) is 5.00 Å². The molecule has 0 saturated heterocycles. The van der Waals surface area contributed by atoms with E-state index in [1.54, 1.807) is 18.2 Å². The number of hydrogen-bond acceptors (Lipinski definition) is 7. The van der Waals surface area contributed by atoms with Crippen molar-refractivity contribution in [1.29, 1.82) is 5.26 Å². The summed E-state index contributed by atoms with van der Waals surface area (Å²) in [5, 5.41) is 25.7. The average Bonchev–Trinajstić information content (AvgIpc) is 3.46. The molecular weight excluding hydrogens is 516 g/mol. The molecular formula is C28H32N6O2S2. The average molecular weight is 549 g/mol. The number of aryl methyl sites for hydroxylation is 2. The van der Waals surface area contributed by atoms with Gasteiger partial charge < -0.3 is 15.2 Å². The number of nitriles is 1. The molecule has 0 unspecified atom stereocenters. The Hall–Kier alpha value is -3.42. The fourth-order valence-electron chi connectivity index (χ4n) is 4.46. The van der Waals surface area contributed by atoms with Crippen molar-refractivity contribution in [3.05, 3.63) is 69.9 Å².